The molecule has 0 fully saturated rings. The number of nitrogens with two attached hydrogens (primary N) is 1. The van der Waals surface area contributed by atoms with Crippen molar-refractivity contribution in [2.75, 3.05) is 11.9 Å². The van der Waals surface area contributed by atoms with E-state index in [0.717, 1.165) is 11.3 Å². The van der Waals surface area contributed by atoms with E-state index in [1.165, 1.54) is 3.22 Å². The van der Waals surface area contributed by atoms with Gasteiger partial charge in [0.1, 0.15) is 0 Å². The topological polar surface area (TPSA) is 61.9 Å². The average Bonchev–Trinajstić information content (AvgIpc) is 2.55. The lowest BCUT2D eigenvalue weighted by Gasteiger charge is -2.08. The summed E-state index contributed by atoms with van der Waals surface area (Å²) in [5, 5.41) is 4.24. The van der Waals surface area contributed by atoms with Gasteiger partial charge in [0.25, 0.3) is 5.91 Å². The summed E-state index contributed by atoms with van der Waals surface area (Å²) < 4.78 is 1.29. The summed E-state index contributed by atoms with van der Waals surface area (Å²) in [4.78, 5) is 13.6. The summed E-state index contributed by atoms with van der Waals surface area (Å²) in [5.74, 6) is -0.163. The lowest BCUT2D eigenvalue weighted by molar-refractivity contribution is -0.112. The zero-order valence-electron chi connectivity index (χ0n) is 8.92. The summed E-state index contributed by atoms with van der Waals surface area (Å²) in [6.45, 7) is 0. The van der Waals surface area contributed by atoms with Crippen molar-refractivity contribution >= 4 is 57.5 Å². The van der Waals surface area contributed by atoms with Gasteiger partial charge in [-0.1, -0.05) is 18.2 Å². The normalized spacial score (nSPS) is 16.2. The van der Waals surface area contributed by atoms with E-state index in [4.69, 9.17) is 18.0 Å². The fourth-order valence-corrected chi connectivity index (χ4v) is 1.84. The molecule has 0 saturated carbocycles. The van der Waals surface area contributed by atoms with Gasteiger partial charge in [-0.2, -0.15) is 8.32 Å². The molecule has 7 heteroatoms. The maximum atomic E-state index is 12.0. The second-order valence-electron chi connectivity index (χ2n) is 3.43. The number of fused-ring (bicyclic) bond motifs is 1. The van der Waals surface area contributed by atoms with E-state index in [1.807, 2.05) is 47.1 Å². The monoisotopic (exact) mass is 360 g/mol. The molecule has 1 aliphatic heterocycles. The van der Waals surface area contributed by atoms with Crippen LogP contribution >= 0.6 is 35.1 Å². The molecule has 2 rings (SSSR count). The molecule has 0 aliphatic carbocycles. The van der Waals surface area contributed by atoms with E-state index in [1.54, 1.807) is 11.9 Å². The number of likely N-dealkylation sites (N-methyl/N-ethyl adjacent to an activating group) is 1. The molecule has 88 valence electrons. The van der Waals surface area contributed by atoms with Crippen LogP contribution in [0.15, 0.2) is 29.4 Å². The number of halogens is 1. The standard InChI is InChI=1S/C10H9IN4OS/c1-14-7-5-3-2-4-6(7)8(9(14)16)13-15(11)10(12)17/h2-5H,1H3,(H2,12,17)/b13-8-. The Morgan fingerprint density at radius 3 is 2.82 bits per heavy atom. The summed E-state index contributed by atoms with van der Waals surface area (Å²) >= 11 is 6.63. The minimum Gasteiger partial charge on any atom is -0.374 e. The molecular weight excluding hydrogens is 351 g/mol. The quantitative estimate of drug-likeness (QED) is 0.355. The third kappa shape index (κ3) is 2.12. The number of thiocarbonyl (C=S) groups is 1. The lowest BCUT2D eigenvalue weighted by atomic mass is 10.1. The van der Waals surface area contributed by atoms with Crippen molar-refractivity contribution in [1.82, 2.24) is 3.22 Å². The lowest BCUT2D eigenvalue weighted by Crippen LogP contribution is -2.29. The van der Waals surface area contributed by atoms with Gasteiger partial charge < -0.3 is 10.6 Å². The highest BCUT2D eigenvalue weighted by Gasteiger charge is 2.31. The number of amides is 1. The summed E-state index contributed by atoms with van der Waals surface area (Å²) in [7, 11) is 1.71. The molecule has 0 radical (unpaired) electrons. The Hall–Kier alpha value is -1.22. The highest BCUT2D eigenvalue weighted by atomic mass is 127. The Morgan fingerprint density at radius 1 is 1.53 bits per heavy atom. The second kappa shape index (κ2) is 4.57. The highest BCUT2D eigenvalue weighted by molar-refractivity contribution is 14.1. The molecule has 1 aliphatic rings. The van der Waals surface area contributed by atoms with Crippen LogP contribution in [0.1, 0.15) is 5.56 Å². The molecule has 1 aromatic carbocycles. The molecular formula is C10H9IN4OS. The van der Waals surface area contributed by atoms with Gasteiger partial charge in [-0.15, -0.1) is 0 Å². The third-order valence-corrected chi connectivity index (χ3v) is 3.63. The first kappa shape index (κ1) is 12.2. The van der Waals surface area contributed by atoms with Crippen LogP contribution in [-0.4, -0.2) is 27.0 Å². The number of para-hydroxylation sites is 1. The zero-order chi connectivity index (χ0) is 12.6. The van der Waals surface area contributed by atoms with Gasteiger partial charge in [0.2, 0.25) is 0 Å². The SMILES string of the molecule is CN1C(=O)/C(=N\N(I)C(N)=S)c2ccccc21. The first-order valence-corrected chi connectivity index (χ1v) is 6.11. The number of rotatable bonds is 1. The van der Waals surface area contributed by atoms with Gasteiger partial charge in [0.05, 0.1) is 28.6 Å². The molecule has 5 nitrogen and oxygen atoms in total. The van der Waals surface area contributed by atoms with E-state index in [0.29, 0.717) is 5.71 Å². The maximum absolute atomic E-state index is 12.0. The number of carbonyl (C=O) groups is 1. The number of hydrogen-bond donors (Lipinski definition) is 1. The Kier molecular flexibility index (Phi) is 3.29. The van der Waals surface area contributed by atoms with Crippen LogP contribution < -0.4 is 10.6 Å². The van der Waals surface area contributed by atoms with Crippen molar-refractivity contribution in [2.45, 2.75) is 0 Å². The molecule has 0 atom stereocenters. The second-order valence-corrected chi connectivity index (χ2v) is 4.76. The van der Waals surface area contributed by atoms with Gasteiger partial charge in [-0.25, -0.2) is 0 Å². The number of hydrogen-bond acceptors (Lipinski definition) is 3. The molecule has 0 bridgehead atoms. The number of carbonyl (C=O) groups excluding carboxylic acids is 1. The van der Waals surface area contributed by atoms with Crippen LogP contribution in [0.2, 0.25) is 0 Å². The number of benzene rings is 1. The Labute approximate surface area is 118 Å². The van der Waals surface area contributed by atoms with E-state index >= 15 is 0 Å². The molecule has 17 heavy (non-hydrogen) atoms. The molecule has 0 unspecified atom stereocenters. The maximum Gasteiger partial charge on any atom is 0.279 e. The fourth-order valence-electron chi connectivity index (χ4n) is 1.58. The van der Waals surface area contributed by atoms with Crippen LogP contribution in [-0.2, 0) is 4.79 Å². The molecule has 0 aromatic heterocycles. The van der Waals surface area contributed by atoms with E-state index in [-0.39, 0.29) is 11.0 Å². The first-order valence-electron chi connectivity index (χ1n) is 4.73. The van der Waals surface area contributed by atoms with Crippen molar-refractivity contribution in [3.63, 3.8) is 0 Å². The minimum absolute atomic E-state index is 0.109. The van der Waals surface area contributed by atoms with Crippen LogP contribution in [0.4, 0.5) is 5.69 Å². The van der Waals surface area contributed by atoms with Crippen molar-refractivity contribution in [1.29, 1.82) is 0 Å². The van der Waals surface area contributed by atoms with Gasteiger partial charge in [0.15, 0.2) is 10.8 Å². The van der Waals surface area contributed by atoms with Gasteiger partial charge >= 0.3 is 0 Å². The predicted molar refractivity (Wildman–Crippen MR) is 79.0 cm³/mol. The van der Waals surface area contributed by atoms with Crippen molar-refractivity contribution in [3.05, 3.63) is 29.8 Å². The van der Waals surface area contributed by atoms with Crippen molar-refractivity contribution < 1.29 is 4.79 Å². The van der Waals surface area contributed by atoms with Gasteiger partial charge in [-0.3, -0.25) is 4.79 Å². The van der Waals surface area contributed by atoms with E-state index in [9.17, 15) is 4.79 Å². The predicted octanol–water partition coefficient (Wildman–Crippen LogP) is 1.26. The Bertz CT molecular complexity index is 531. The van der Waals surface area contributed by atoms with Crippen LogP contribution in [0.25, 0.3) is 0 Å². The summed E-state index contributed by atoms with van der Waals surface area (Å²) in [5.41, 5.74) is 7.41. The van der Waals surface area contributed by atoms with Gasteiger partial charge in [-0.05, 0) is 18.3 Å². The number of anilines is 1. The first-order chi connectivity index (χ1) is 8.02. The zero-order valence-corrected chi connectivity index (χ0v) is 11.9. The molecule has 1 aromatic rings. The number of hydrazone groups is 1. The molecule has 2 N–H and O–H groups in total. The molecule has 0 spiro atoms. The van der Waals surface area contributed by atoms with Crippen LogP contribution in [0.5, 0.6) is 0 Å². The molecule has 1 heterocycles. The van der Waals surface area contributed by atoms with E-state index in [2.05, 4.69) is 5.10 Å². The summed E-state index contributed by atoms with van der Waals surface area (Å²) in [6.07, 6.45) is 0. The average molecular weight is 360 g/mol. The minimum atomic E-state index is -0.163. The molecule has 0 saturated heterocycles. The summed E-state index contributed by atoms with van der Waals surface area (Å²) in [6, 6.07) is 7.45. The Balaban J connectivity index is 2.50. The Morgan fingerprint density at radius 2 is 2.18 bits per heavy atom. The van der Waals surface area contributed by atoms with Crippen molar-refractivity contribution in [3.8, 4) is 0 Å². The van der Waals surface area contributed by atoms with Crippen LogP contribution in [0.3, 0.4) is 0 Å². The molecule has 1 amide bonds. The smallest absolute Gasteiger partial charge is 0.279 e. The van der Waals surface area contributed by atoms with Crippen molar-refractivity contribution in [2.24, 2.45) is 10.8 Å². The van der Waals surface area contributed by atoms with Crippen LogP contribution in [0, 0.1) is 0 Å². The number of nitrogens with zero attached hydrogens (tertiary/aromatic N) is 3. The van der Waals surface area contributed by atoms with E-state index < -0.39 is 0 Å². The highest BCUT2D eigenvalue weighted by Crippen LogP contribution is 2.28. The fraction of sp³-hybridized carbons (Fsp3) is 0.100. The largest absolute Gasteiger partial charge is 0.374 e. The third-order valence-electron chi connectivity index (χ3n) is 2.40. The van der Waals surface area contributed by atoms with Gasteiger partial charge in [0, 0.05) is 12.6 Å².